The van der Waals surface area contributed by atoms with Gasteiger partial charge in [0.25, 0.3) is 0 Å². The molecule has 2 rings (SSSR count). The second kappa shape index (κ2) is 9.69. The Bertz CT molecular complexity index is 860. The molecule has 0 aromatic heterocycles. The number of amides is 1. The summed E-state index contributed by atoms with van der Waals surface area (Å²) >= 11 is 0. The predicted octanol–water partition coefficient (Wildman–Crippen LogP) is 3.70. The number of likely N-dealkylation sites (N-methyl/N-ethyl adjacent to an activating group) is 1. The lowest BCUT2D eigenvalue weighted by atomic mass is 10.1. The number of hydrogen-bond donors (Lipinski definition) is 0. The first-order valence-corrected chi connectivity index (χ1v) is 8.80. The molecule has 150 valence electrons. The van der Waals surface area contributed by atoms with Crippen molar-refractivity contribution in [3.8, 4) is 23.0 Å². The van der Waals surface area contributed by atoms with E-state index >= 15 is 0 Å². The van der Waals surface area contributed by atoms with Gasteiger partial charge in [-0.25, -0.2) is 0 Å². The zero-order valence-corrected chi connectivity index (χ0v) is 17.2. The van der Waals surface area contributed by atoms with Crippen LogP contribution < -0.4 is 18.9 Å². The van der Waals surface area contributed by atoms with Gasteiger partial charge in [-0.2, -0.15) is 0 Å². The molecular formula is C22H27NO5. The average Bonchev–Trinajstić information content (AvgIpc) is 2.72. The Morgan fingerprint density at radius 2 is 1.61 bits per heavy atom. The molecule has 0 fully saturated rings. The van der Waals surface area contributed by atoms with Crippen molar-refractivity contribution in [2.24, 2.45) is 0 Å². The summed E-state index contributed by atoms with van der Waals surface area (Å²) in [6, 6.07) is 9.33. The van der Waals surface area contributed by atoms with Gasteiger partial charge in [-0.3, -0.25) is 4.79 Å². The lowest BCUT2D eigenvalue weighted by Crippen LogP contribution is -2.24. The van der Waals surface area contributed by atoms with Crippen molar-refractivity contribution in [2.75, 3.05) is 35.5 Å². The fourth-order valence-electron chi connectivity index (χ4n) is 2.86. The van der Waals surface area contributed by atoms with Crippen LogP contribution in [0.2, 0.25) is 0 Å². The number of ether oxygens (including phenoxy) is 4. The van der Waals surface area contributed by atoms with Crippen LogP contribution in [0.5, 0.6) is 23.0 Å². The predicted molar refractivity (Wildman–Crippen MR) is 109 cm³/mol. The molecule has 0 radical (unpaired) electrons. The Hall–Kier alpha value is -3.15. The van der Waals surface area contributed by atoms with Gasteiger partial charge >= 0.3 is 0 Å². The van der Waals surface area contributed by atoms with Crippen LogP contribution in [-0.4, -0.2) is 46.3 Å². The first-order chi connectivity index (χ1) is 13.4. The topological polar surface area (TPSA) is 57.2 Å². The van der Waals surface area contributed by atoms with E-state index in [4.69, 9.17) is 18.9 Å². The summed E-state index contributed by atoms with van der Waals surface area (Å²) in [6.07, 6.45) is 3.25. The van der Waals surface area contributed by atoms with Crippen LogP contribution in [-0.2, 0) is 11.3 Å². The molecular weight excluding hydrogens is 358 g/mol. The third-order valence-corrected chi connectivity index (χ3v) is 4.46. The molecule has 0 heterocycles. The van der Waals surface area contributed by atoms with Gasteiger partial charge in [-0.05, 0) is 42.3 Å². The number of nitrogens with zero attached hydrogens (tertiary/aromatic N) is 1. The number of hydrogen-bond acceptors (Lipinski definition) is 5. The molecule has 0 saturated heterocycles. The van der Waals surface area contributed by atoms with Crippen molar-refractivity contribution in [1.82, 2.24) is 4.90 Å². The molecule has 6 heteroatoms. The van der Waals surface area contributed by atoms with Gasteiger partial charge in [0.15, 0.2) is 23.0 Å². The van der Waals surface area contributed by atoms with Gasteiger partial charge in [0.2, 0.25) is 5.91 Å². The molecule has 2 aromatic carbocycles. The van der Waals surface area contributed by atoms with E-state index in [2.05, 4.69) is 0 Å². The smallest absolute Gasteiger partial charge is 0.246 e. The van der Waals surface area contributed by atoms with Gasteiger partial charge in [-0.1, -0.05) is 12.1 Å². The minimum absolute atomic E-state index is 0.126. The minimum Gasteiger partial charge on any atom is -0.493 e. The zero-order chi connectivity index (χ0) is 20.7. The molecule has 0 saturated carbocycles. The summed E-state index contributed by atoms with van der Waals surface area (Å²) in [4.78, 5) is 14.2. The highest BCUT2D eigenvalue weighted by atomic mass is 16.5. The first-order valence-electron chi connectivity index (χ1n) is 8.80. The maximum Gasteiger partial charge on any atom is 0.246 e. The van der Waals surface area contributed by atoms with Crippen molar-refractivity contribution >= 4 is 12.0 Å². The number of carbonyl (C=O) groups excluding carboxylic acids is 1. The molecule has 2 aromatic rings. The molecule has 0 atom stereocenters. The van der Waals surface area contributed by atoms with E-state index in [0.717, 1.165) is 16.7 Å². The van der Waals surface area contributed by atoms with Gasteiger partial charge in [0.1, 0.15) is 0 Å². The Morgan fingerprint density at radius 3 is 2.21 bits per heavy atom. The van der Waals surface area contributed by atoms with Crippen LogP contribution in [0.4, 0.5) is 0 Å². The van der Waals surface area contributed by atoms with Crippen LogP contribution >= 0.6 is 0 Å². The lowest BCUT2D eigenvalue weighted by molar-refractivity contribution is -0.125. The monoisotopic (exact) mass is 385 g/mol. The Kier molecular flexibility index (Phi) is 7.32. The Morgan fingerprint density at radius 1 is 0.964 bits per heavy atom. The van der Waals surface area contributed by atoms with E-state index in [9.17, 15) is 4.79 Å². The molecule has 1 amide bonds. The molecule has 0 aliphatic heterocycles. The molecule has 0 aliphatic carbocycles. The van der Waals surface area contributed by atoms with Crippen molar-refractivity contribution in [3.63, 3.8) is 0 Å². The summed E-state index contributed by atoms with van der Waals surface area (Å²) < 4.78 is 21.4. The Labute approximate surface area is 166 Å². The second-order valence-corrected chi connectivity index (χ2v) is 6.24. The minimum atomic E-state index is -0.126. The van der Waals surface area contributed by atoms with Gasteiger partial charge < -0.3 is 23.8 Å². The molecule has 6 nitrogen and oxygen atoms in total. The summed E-state index contributed by atoms with van der Waals surface area (Å²) in [5, 5.41) is 0. The van der Waals surface area contributed by atoms with E-state index in [-0.39, 0.29) is 5.91 Å². The van der Waals surface area contributed by atoms with Crippen LogP contribution in [0, 0.1) is 6.92 Å². The van der Waals surface area contributed by atoms with Crippen molar-refractivity contribution < 1.29 is 23.7 Å². The highest BCUT2D eigenvalue weighted by Gasteiger charge is 2.13. The third kappa shape index (κ3) is 4.76. The lowest BCUT2D eigenvalue weighted by Gasteiger charge is -2.19. The maximum atomic E-state index is 12.6. The van der Waals surface area contributed by atoms with Gasteiger partial charge in [0.05, 0.1) is 28.4 Å². The molecule has 0 spiro atoms. The van der Waals surface area contributed by atoms with E-state index in [1.165, 1.54) is 6.08 Å². The fraction of sp³-hybridized carbons (Fsp3) is 0.318. The highest BCUT2D eigenvalue weighted by molar-refractivity contribution is 5.92. The van der Waals surface area contributed by atoms with E-state index in [0.29, 0.717) is 29.5 Å². The number of benzene rings is 2. The van der Waals surface area contributed by atoms with Crippen molar-refractivity contribution in [1.29, 1.82) is 0 Å². The highest BCUT2D eigenvalue weighted by Crippen LogP contribution is 2.32. The second-order valence-electron chi connectivity index (χ2n) is 6.24. The van der Waals surface area contributed by atoms with Crippen LogP contribution in [0.15, 0.2) is 36.4 Å². The summed E-state index contributed by atoms with van der Waals surface area (Å²) in [5.74, 6) is 2.39. The number of carbonyl (C=O) groups is 1. The van der Waals surface area contributed by atoms with Gasteiger partial charge in [0, 0.05) is 25.2 Å². The van der Waals surface area contributed by atoms with Crippen LogP contribution in [0.25, 0.3) is 6.08 Å². The van der Waals surface area contributed by atoms with Crippen molar-refractivity contribution in [3.05, 3.63) is 53.1 Å². The number of rotatable bonds is 8. The van der Waals surface area contributed by atoms with Crippen molar-refractivity contribution in [2.45, 2.75) is 13.5 Å². The first kappa shape index (κ1) is 21.2. The molecule has 28 heavy (non-hydrogen) atoms. The number of methoxy groups -OCH3 is 4. The average molecular weight is 385 g/mol. The number of para-hydroxylation sites is 1. The summed E-state index contributed by atoms with van der Waals surface area (Å²) in [7, 11) is 8.10. The fourth-order valence-corrected chi connectivity index (χ4v) is 2.86. The third-order valence-electron chi connectivity index (χ3n) is 4.46. The molecule has 0 aliphatic rings. The molecule has 0 unspecified atom stereocenters. The summed E-state index contributed by atoms with van der Waals surface area (Å²) in [6.45, 7) is 2.43. The number of aryl methyl sites for hydroxylation is 1. The summed E-state index contributed by atoms with van der Waals surface area (Å²) in [5.41, 5.74) is 2.78. The van der Waals surface area contributed by atoms with E-state index in [1.807, 2.05) is 37.3 Å². The Balaban J connectivity index is 2.17. The SMILES string of the molecule is COc1cc(C)c(CN(C)C(=O)/C=C/c2cccc(OC)c2OC)cc1OC. The molecule has 0 N–H and O–H groups in total. The quantitative estimate of drug-likeness (QED) is 0.649. The van der Waals surface area contributed by atoms with Crippen LogP contribution in [0.1, 0.15) is 16.7 Å². The van der Waals surface area contributed by atoms with Gasteiger partial charge in [-0.15, -0.1) is 0 Å². The zero-order valence-electron chi connectivity index (χ0n) is 17.2. The maximum absolute atomic E-state index is 12.6. The van der Waals surface area contributed by atoms with E-state index < -0.39 is 0 Å². The van der Waals surface area contributed by atoms with E-state index in [1.54, 1.807) is 46.5 Å². The normalized spacial score (nSPS) is 10.6. The van der Waals surface area contributed by atoms with Crippen LogP contribution in [0.3, 0.4) is 0 Å². The molecule has 0 bridgehead atoms. The largest absolute Gasteiger partial charge is 0.493 e. The standard InChI is InChI=1S/C22H27NO5/c1-15-12-19(26-4)20(27-5)13-17(15)14-23(2)21(24)11-10-16-8-7-9-18(25-3)22(16)28-6/h7-13H,14H2,1-6H3/b11-10+.